The SMILES string of the molecule is CCCC(=O)O[C@H](C)c1sc(-c2ccc(C)cc2)nc1C. The van der Waals surface area contributed by atoms with E-state index in [1.165, 1.54) is 5.56 Å². The van der Waals surface area contributed by atoms with Gasteiger partial charge in [0.25, 0.3) is 0 Å². The minimum Gasteiger partial charge on any atom is -0.457 e. The van der Waals surface area contributed by atoms with E-state index in [9.17, 15) is 4.79 Å². The van der Waals surface area contributed by atoms with Gasteiger partial charge in [0.1, 0.15) is 11.1 Å². The monoisotopic (exact) mass is 303 g/mol. The third kappa shape index (κ3) is 3.91. The lowest BCUT2D eigenvalue weighted by Gasteiger charge is -2.11. The molecule has 0 aliphatic rings. The van der Waals surface area contributed by atoms with Crippen molar-refractivity contribution in [1.82, 2.24) is 4.98 Å². The third-order valence-electron chi connectivity index (χ3n) is 3.26. The number of aryl methyl sites for hydroxylation is 2. The largest absolute Gasteiger partial charge is 0.457 e. The van der Waals surface area contributed by atoms with Crippen LogP contribution in [0.5, 0.6) is 0 Å². The van der Waals surface area contributed by atoms with Crippen molar-refractivity contribution < 1.29 is 9.53 Å². The second-order valence-electron chi connectivity index (χ2n) is 5.22. The van der Waals surface area contributed by atoms with E-state index >= 15 is 0 Å². The second-order valence-corrected chi connectivity index (χ2v) is 6.25. The van der Waals surface area contributed by atoms with E-state index in [1.54, 1.807) is 11.3 Å². The van der Waals surface area contributed by atoms with Gasteiger partial charge in [-0.1, -0.05) is 36.8 Å². The molecule has 0 N–H and O–H groups in total. The molecule has 0 aliphatic heterocycles. The Morgan fingerprint density at radius 2 is 1.95 bits per heavy atom. The lowest BCUT2D eigenvalue weighted by atomic mass is 10.2. The van der Waals surface area contributed by atoms with Crippen molar-refractivity contribution in [3.8, 4) is 10.6 Å². The molecule has 2 aromatic rings. The lowest BCUT2D eigenvalue weighted by molar-refractivity contribution is -0.148. The van der Waals surface area contributed by atoms with Crippen LogP contribution in [0.2, 0.25) is 0 Å². The summed E-state index contributed by atoms with van der Waals surface area (Å²) in [6, 6.07) is 8.31. The number of carbonyl (C=O) groups excluding carboxylic acids is 1. The fourth-order valence-corrected chi connectivity index (χ4v) is 3.17. The summed E-state index contributed by atoms with van der Waals surface area (Å²) in [6.45, 7) is 7.91. The summed E-state index contributed by atoms with van der Waals surface area (Å²) in [6.07, 6.45) is 1.04. The zero-order valence-electron chi connectivity index (χ0n) is 13.0. The Bertz CT molecular complexity index is 616. The number of benzene rings is 1. The van der Waals surface area contributed by atoms with Gasteiger partial charge in [0, 0.05) is 12.0 Å². The Balaban J connectivity index is 2.18. The number of esters is 1. The average molecular weight is 303 g/mol. The molecule has 21 heavy (non-hydrogen) atoms. The Hall–Kier alpha value is -1.68. The maximum atomic E-state index is 11.6. The van der Waals surface area contributed by atoms with Gasteiger partial charge in [0.2, 0.25) is 0 Å². The Labute approximate surface area is 130 Å². The fraction of sp³-hybridized carbons (Fsp3) is 0.412. The molecule has 112 valence electrons. The molecule has 0 spiro atoms. The zero-order valence-corrected chi connectivity index (χ0v) is 13.8. The third-order valence-corrected chi connectivity index (χ3v) is 4.63. The van der Waals surface area contributed by atoms with Gasteiger partial charge in [-0.05, 0) is 27.2 Å². The first-order valence-corrected chi connectivity index (χ1v) is 8.06. The van der Waals surface area contributed by atoms with Gasteiger partial charge in [-0.15, -0.1) is 11.3 Å². The van der Waals surface area contributed by atoms with E-state index in [0.29, 0.717) is 6.42 Å². The highest BCUT2D eigenvalue weighted by molar-refractivity contribution is 7.15. The number of ether oxygens (including phenoxy) is 1. The van der Waals surface area contributed by atoms with Crippen LogP contribution < -0.4 is 0 Å². The van der Waals surface area contributed by atoms with Gasteiger partial charge in [-0.3, -0.25) is 4.79 Å². The van der Waals surface area contributed by atoms with Crippen molar-refractivity contribution in [2.45, 2.75) is 46.6 Å². The smallest absolute Gasteiger partial charge is 0.306 e. The molecule has 0 radical (unpaired) electrons. The average Bonchev–Trinajstić information content (AvgIpc) is 2.82. The predicted molar refractivity (Wildman–Crippen MR) is 86.4 cm³/mol. The fourth-order valence-electron chi connectivity index (χ4n) is 2.12. The topological polar surface area (TPSA) is 39.2 Å². The number of nitrogens with zero attached hydrogens (tertiary/aromatic N) is 1. The molecule has 0 saturated heterocycles. The summed E-state index contributed by atoms with van der Waals surface area (Å²) < 4.78 is 5.46. The zero-order chi connectivity index (χ0) is 15.4. The first-order valence-electron chi connectivity index (χ1n) is 7.25. The van der Waals surface area contributed by atoms with Crippen LogP contribution in [0.1, 0.15) is 48.9 Å². The summed E-state index contributed by atoms with van der Waals surface area (Å²) in [5, 5.41) is 0.973. The van der Waals surface area contributed by atoms with E-state index < -0.39 is 0 Å². The van der Waals surface area contributed by atoms with Crippen LogP contribution in [-0.4, -0.2) is 11.0 Å². The van der Waals surface area contributed by atoms with Crippen LogP contribution in [0.15, 0.2) is 24.3 Å². The predicted octanol–water partition coefficient (Wildman–Crippen LogP) is 4.83. The molecule has 0 amide bonds. The molecule has 0 fully saturated rings. The molecule has 0 saturated carbocycles. The summed E-state index contributed by atoms with van der Waals surface area (Å²) >= 11 is 1.60. The van der Waals surface area contributed by atoms with Crippen LogP contribution in [0.4, 0.5) is 0 Å². The van der Waals surface area contributed by atoms with Crippen molar-refractivity contribution in [3.05, 3.63) is 40.4 Å². The molecule has 4 heteroatoms. The van der Waals surface area contributed by atoms with Gasteiger partial charge in [-0.25, -0.2) is 4.98 Å². The van der Waals surface area contributed by atoms with Crippen molar-refractivity contribution in [2.24, 2.45) is 0 Å². The Morgan fingerprint density at radius 3 is 2.57 bits per heavy atom. The van der Waals surface area contributed by atoms with Crippen LogP contribution in [0, 0.1) is 13.8 Å². The highest BCUT2D eigenvalue weighted by Gasteiger charge is 2.18. The standard InChI is InChI=1S/C17H21NO2S/c1-5-6-15(19)20-13(4)16-12(3)18-17(21-16)14-9-7-11(2)8-10-14/h7-10,13H,5-6H2,1-4H3/t13-/m1/s1. The minimum atomic E-state index is -0.235. The highest BCUT2D eigenvalue weighted by Crippen LogP contribution is 2.33. The van der Waals surface area contributed by atoms with Gasteiger partial charge in [-0.2, -0.15) is 0 Å². The molecule has 1 atom stereocenters. The van der Waals surface area contributed by atoms with Crippen molar-refractivity contribution in [1.29, 1.82) is 0 Å². The normalized spacial score (nSPS) is 12.2. The molecule has 1 aromatic heterocycles. The molecule has 1 aromatic carbocycles. The molecular formula is C17H21NO2S. The van der Waals surface area contributed by atoms with Crippen LogP contribution in [0.3, 0.4) is 0 Å². The molecule has 0 aliphatic carbocycles. The van der Waals surface area contributed by atoms with E-state index in [0.717, 1.165) is 27.6 Å². The van der Waals surface area contributed by atoms with E-state index in [2.05, 4.69) is 36.2 Å². The first-order chi connectivity index (χ1) is 10.0. The molecule has 1 heterocycles. The number of carbonyl (C=O) groups is 1. The van der Waals surface area contributed by atoms with Crippen LogP contribution >= 0.6 is 11.3 Å². The summed E-state index contributed by atoms with van der Waals surface area (Å²) in [5.41, 5.74) is 3.27. The first kappa shape index (κ1) is 15.7. The quantitative estimate of drug-likeness (QED) is 0.743. The van der Waals surface area contributed by atoms with Gasteiger partial charge in [0.15, 0.2) is 0 Å². The molecule has 2 rings (SSSR count). The number of hydrogen-bond donors (Lipinski definition) is 0. The van der Waals surface area contributed by atoms with Crippen LogP contribution in [-0.2, 0) is 9.53 Å². The maximum Gasteiger partial charge on any atom is 0.306 e. The Kier molecular flexibility index (Phi) is 5.12. The number of rotatable bonds is 5. The van der Waals surface area contributed by atoms with Gasteiger partial charge in [0.05, 0.1) is 10.6 Å². The molecule has 0 bridgehead atoms. The molecule has 0 unspecified atom stereocenters. The molecular weight excluding hydrogens is 282 g/mol. The second kappa shape index (κ2) is 6.85. The number of aromatic nitrogens is 1. The van der Waals surface area contributed by atoms with Crippen molar-refractivity contribution in [2.75, 3.05) is 0 Å². The van der Waals surface area contributed by atoms with Gasteiger partial charge >= 0.3 is 5.97 Å². The summed E-state index contributed by atoms with van der Waals surface area (Å²) in [5.74, 6) is -0.144. The number of hydrogen-bond acceptors (Lipinski definition) is 4. The summed E-state index contributed by atoms with van der Waals surface area (Å²) in [7, 11) is 0. The van der Waals surface area contributed by atoms with E-state index in [1.807, 2.05) is 20.8 Å². The summed E-state index contributed by atoms with van der Waals surface area (Å²) in [4.78, 5) is 17.2. The Morgan fingerprint density at radius 1 is 1.29 bits per heavy atom. The van der Waals surface area contributed by atoms with Crippen LogP contribution in [0.25, 0.3) is 10.6 Å². The van der Waals surface area contributed by atoms with Crippen molar-refractivity contribution >= 4 is 17.3 Å². The number of thiazole rings is 1. The minimum absolute atomic E-state index is 0.144. The molecule has 3 nitrogen and oxygen atoms in total. The van der Waals surface area contributed by atoms with Crippen molar-refractivity contribution in [3.63, 3.8) is 0 Å². The van der Waals surface area contributed by atoms with Gasteiger partial charge < -0.3 is 4.74 Å². The highest BCUT2D eigenvalue weighted by atomic mass is 32.1. The van der Waals surface area contributed by atoms with E-state index in [-0.39, 0.29) is 12.1 Å². The maximum absolute atomic E-state index is 11.6. The lowest BCUT2D eigenvalue weighted by Crippen LogP contribution is -2.07. The van der Waals surface area contributed by atoms with E-state index in [4.69, 9.17) is 4.74 Å².